The van der Waals surface area contributed by atoms with Crippen molar-refractivity contribution in [3.63, 3.8) is 0 Å². The zero-order chi connectivity index (χ0) is 16.5. The summed E-state index contributed by atoms with van der Waals surface area (Å²) in [7, 11) is 1.92. The number of aromatic nitrogens is 2. The topological polar surface area (TPSA) is 38.1 Å². The summed E-state index contributed by atoms with van der Waals surface area (Å²) >= 11 is 0. The van der Waals surface area contributed by atoms with E-state index in [4.69, 9.17) is 0 Å². The number of amides is 1. The average molecular weight is 317 g/mol. The molecule has 0 radical (unpaired) electrons. The van der Waals surface area contributed by atoms with Gasteiger partial charge in [0.05, 0.1) is 12.6 Å². The molecule has 0 fully saturated rings. The van der Waals surface area contributed by atoms with E-state index in [2.05, 4.69) is 23.3 Å². The number of rotatable bonds is 3. The monoisotopic (exact) mass is 317 g/mol. The van der Waals surface area contributed by atoms with Crippen molar-refractivity contribution >= 4 is 11.6 Å². The average Bonchev–Trinajstić information content (AvgIpc) is 3.21. The van der Waals surface area contributed by atoms with E-state index in [0.29, 0.717) is 6.42 Å². The summed E-state index contributed by atoms with van der Waals surface area (Å²) in [6.45, 7) is 0.761. The van der Waals surface area contributed by atoms with Crippen molar-refractivity contribution in [3.05, 3.63) is 72.1 Å². The van der Waals surface area contributed by atoms with Crippen molar-refractivity contribution in [2.24, 2.45) is 7.05 Å². The van der Waals surface area contributed by atoms with Crippen LogP contribution in [0.4, 0.5) is 5.69 Å². The van der Waals surface area contributed by atoms with Crippen LogP contribution in [-0.4, -0.2) is 22.2 Å². The quantitative estimate of drug-likeness (QED) is 0.744. The van der Waals surface area contributed by atoms with Crippen molar-refractivity contribution in [1.29, 1.82) is 0 Å². The first-order valence-electron chi connectivity index (χ1n) is 8.17. The van der Waals surface area contributed by atoms with E-state index >= 15 is 0 Å². The minimum Gasteiger partial charge on any atom is -0.312 e. The maximum absolute atomic E-state index is 12.6. The molecule has 4 rings (SSSR count). The molecule has 0 atom stereocenters. The van der Waals surface area contributed by atoms with Crippen LogP contribution < -0.4 is 4.90 Å². The van der Waals surface area contributed by atoms with Crippen LogP contribution in [0.15, 0.2) is 60.9 Å². The van der Waals surface area contributed by atoms with Crippen LogP contribution in [0.5, 0.6) is 0 Å². The molecule has 0 unspecified atom stereocenters. The van der Waals surface area contributed by atoms with Gasteiger partial charge >= 0.3 is 0 Å². The van der Waals surface area contributed by atoms with Gasteiger partial charge in [-0.15, -0.1) is 0 Å². The Hall–Kier alpha value is -2.88. The Kier molecular flexibility index (Phi) is 3.65. The second-order valence-corrected chi connectivity index (χ2v) is 6.20. The molecular formula is C20H19N3O. The maximum atomic E-state index is 12.6. The Bertz CT molecular complexity index is 883. The zero-order valence-electron chi connectivity index (χ0n) is 13.6. The number of hydrogen-bond donors (Lipinski definition) is 0. The first-order valence-corrected chi connectivity index (χ1v) is 8.17. The van der Waals surface area contributed by atoms with E-state index in [-0.39, 0.29) is 5.91 Å². The zero-order valence-corrected chi connectivity index (χ0v) is 13.6. The van der Waals surface area contributed by atoms with Crippen LogP contribution in [0.1, 0.15) is 11.1 Å². The molecule has 0 spiro atoms. The highest BCUT2D eigenvalue weighted by atomic mass is 16.2. The van der Waals surface area contributed by atoms with Gasteiger partial charge in [0.1, 0.15) is 0 Å². The van der Waals surface area contributed by atoms with Gasteiger partial charge in [-0.1, -0.05) is 36.4 Å². The van der Waals surface area contributed by atoms with Crippen molar-refractivity contribution in [3.8, 4) is 11.1 Å². The molecule has 0 saturated carbocycles. The van der Waals surface area contributed by atoms with E-state index in [1.54, 1.807) is 4.68 Å². The summed E-state index contributed by atoms with van der Waals surface area (Å²) in [5, 5.41) is 4.23. The summed E-state index contributed by atoms with van der Waals surface area (Å²) in [4.78, 5) is 14.6. The molecule has 2 heterocycles. The maximum Gasteiger partial charge on any atom is 0.231 e. The van der Waals surface area contributed by atoms with Crippen LogP contribution in [-0.2, 0) is 24.7 Å². The molecule has 0 saturated heterocycles. The fourth-order valence-corrected chi connectivity index (χ4v) is 3.28. The Labute approximate surface area is 141 Å². The molecule has 4 nitrogen and oxygen atoms in total. The molecule has 1 aromatic heterocycles. The van der Waals surface area contributed by atoms with Gasteiger partial charge in [-0.25, -0.2) is 0 Å². The molecule has 24 heavy (non-hydrogen) atoms. The van der Waals surface area contributed by atoms with E-state index in [0.717, 1.165) is 35.3 Å². The second kappa shape index (κ2) is 5.96. The van der Waals surface area contributed by atoms with Gasteiger partial charge in [0.15, 0.2) is 0 Å². The largest absolute Gasteiger partial charge is 0.312 e. The van der Waals surface area contributed by atoms with Gasteiger partial charge < -0.3 is 4.90 Å². The Morgan fingerprint density at radius 1 is 1.12 bits per heavy atom. The molecule has 0 aliphatic carbocycles. The number of nitrogens with zero attached hydrogens (tertiary/aromatic N) is 3. The molecule has 0 N–H and O–H groups in total. The van der Waals surface area contributed by atoms with Gasteiger partial charge in [0.25, 0.3) is 0 Å². The van der Waals surface area contributed by atoms with Gasteiger partial charge in [0, 0.05) is 31.0 Å². The molecule has 3 aromatic rings. The number of fused-ring (bicyclic) bond motifs is 1. The smallest absolute Gasteiger partial charge is 0.231 e. The van der Waals surface area contributed by atoms with E-state index < -0.39 is 0 Å². The highest BCUT2D eigenvalue weighted by Crippen LogP contribution is 2.32. The summed E-state index contributed by atoms with van der Waals surface area (Å²) in [6, 6.07) is 16.2. The number of carbonyl (C=O) groups is 1. The van der Waals surface area contributed by atoms with Crippen LogP contribution >= 0.6 is 0 Å². The van der Waals surface area contributed by atoms with E-state index in [1.807, 2.05) is 54.7 Å². The van der Waals surface area contributed by atoms with Crippen LogP contribution in [0.2, 0.25) is 0 Å². The first-order chi connectivity index (χ1) is 11.7. The molecule has 0 bridgehead atoms. The summed E-state index contributed by atoms with van der Waals surface area (Å²) in [5.74, 6) is 0.161. The van der Waals surface area contributed by atoms with E-state index in [9.17, 15) is 4.79 Å². The standard InChI is InChI=1S/C20H19N3O/c1-22-14-18(13-21-22)16-7-8-19-17(12-16)9-10-23(19)20(24)11-15-5-3-2-4-6-15/h2-8,12-14H,9-11H2,1H3. The second-order valence-electron chi connectivity index (χ2n) is 6.20. The fourth-order valence-electron chi connectivity index (χ4n) is 3.28. The van der Waals surface area contributed by atoms with Crippen LogP contribution in [0.25, 0.3) is 11.1 Å². The number of aryl methyl sites for hydroxylation is 1. The molecule has 1 aliphatic rings. The summed E-state index contributed by atoms with van der Waals surface area (Å²) in [5.41, 5.74) is 5.60. The SMILES string of the molecule is Cn1cc(-c2ccc3c(c2)CCN3C(=O)Cc2ccccc2)cn1. The lowest BCUT2D eigenvalue weighted by Gasteiger charge is -2.17. The molecular weight excluding hydrogens is 298 g/mol. The molecule has 2 aromatic carbocycles. The van der Waals surface area contributed by atoms with Crippen molar-refractivity contribution in [2.75, 3.05) is 11.4 Å². The van der Waals surface area contributed by atoms with Crippen LogP contribution in [0.3, 0.4) is 0 Å². The molecule has 1 amide bonds. The normalized spacial score (nSPS) is 13.1. The van der Waals surface area contributed by atoms with Crippen LogP contribution in [0, 0.1) is 0 Å². The van der Waals surface area contributed by atoms with Gasteiger partial charge in [0.2, 0.25) is 5.91 Å². The summed E-state index contributed by atoms with van der Waals surface area (Å²) < 4.78 is 1.80. The van der Waals surface area contributed by atoms with E-state index in [1.165, 1.54) is 5.56 Å². The van der Waals surface area contributed by atoms with Gasteiger partial charge in [-0.05, 0) is 35.2 Å². The van der Waals surface area contributed by atoms with Crippen molar-refractivity contribution in [2.45, 2.75) is 12.8 Å². The first kappa shape index (κ1) is 14.7. The molecule has 1 aliphatic heterocycles. The molecule has 120 valence electrons. The highest BCUT2D eigenvalue weighted by molar-refractivity contribution is 5.97. The number of hydrogen-bond acceptors (Lipinski definition) is 2. The number of benzene rings is 2. The Morgan fingerprint density at radius 3 is 2.71 bits per heavy atom. The Balaban J connectivity index is 1.57. The highest BCUT2D eigenvalue weighted by Gasteiger charge is 2.24. The van der Waals surface area contributed by atoms with Crippen molar-refractivity contribution < 1.29 is 4.79 Å². The lowest BCUT2D eigenvalue weighted by molar-refractivity contribution is -0.117. The minimum atomic E-state index is 0.161. The summed E-state index contributed by atoms with van der Waals surface area (Å²) in [6.07, 6.45) is 5.23. The third-order valence-corrected chi connectivity index (χ3v) is 4.51. The third-order valence-electron chi connectivity index (χ3n) is 4.51. The Morgan fingerprint density at radius 2 is 1.96 bits per heavy atom. The lowest BCUT2D eigenvalue weighted by atomic mass is 10.0. The minimum absolute atomic E-state index is 0.161. The predicted molar refractivity (Wildman–Crippen MR) is 94.8 cm³/mol. The van der Waals surface area contributed by atoms with Gasteiger partial charge in [-0.2, -0.15) is 5.10 Å². The van der Waals surface area contributed by atoms with Crippen molar-refractivity contribution in [1.82, 2.24) is 9.78 Å². The predicted octanol–water partition coefficient (Wildman–Crippen LogP) is 3.22. The fraction of sp³-hybridized carbons (Fsp3) is 0.200. The number of anilines is 1. The number of carbonyl (C=O) groups excluding carboxylic acids is 1. The third kappa shape index (κ3) is 2.71. The van der Waals surface area contributed by atoms with Gasteiger partial charge in [-0.3, -0.25) is 9.48 Å². The lowest BCUT2D eigenvalue weighted by Crippen LogP contribution is -2.30. The molecule has 4 heteroatoms.